The zero-order valence-corrected chi connectivity index (χ0v) is 26.6. The Kier molecular flexibility index (Phi) is 7.67. The van der Waals surface area contributed by atoms with Gasteiger partial charge in [0.25, 0.3) is 5.91 Å². The molecule has 0 atom stereocenters. The van der Waals surface area contributed by atoms with E-state index < -0.39 is 0 Å². The van der Waals surface area contributed by atoms with Gasteiger partial charge < -0.3 is 9.64 Å². The van der Waals surface area contributed by atoms with Crippen LogP contribution in [0.5, 0.6) is 0 Å². The van der Waals surface area contributed by atoms with Crippen LogP contribution in [0.25, 0.3) is 39.2 Å². The van der Waals surface area contributed by atoms with E-state index in [0.717, 1.165) is 53.9 Å². The Labute approximate surface area is 278 Å². The van der Waals surface area contributed by atoms with Crippen molar-refractivity contribution >= 4 is 40.3 Å². The van der Waals surface area contributed by atoms with Crippen molar-refractivity contribution in [1.82, 2.24) is 14.8 Å². The number of pyridine rings is 1. The topological polar surface area (TPSA) is 83.1 Å². The van der Waals surface area contributed by atoms with E-state index in [9.17, 15) is 14.4 Å². The maximum absolute atomic E-state index is 13.8. The number of hydrogen-bond donors (Lipinski definition) is 0. The SMILES string of the molecule is CC(=O)N1/C(=C\c2cc(-c3cccc(-c4ccccc4)c3)c3cc(C(=O)N4CCN(C5COC5)CC4)ccc3n2)C(=O)c2ccccc21. The summed E-state index contributed by atoms with van der Waals surface area (Å²) >= 11 is 0. The van der Waals surface area contributed by atoms with E-state index in [2.05, 4.69) is 35.2 Å². The molecule has 4 aromatic carbocycles. The summed E-state index contributed by atoms with van der Waals surface area (Å²) < 4.78 is 5.37. The fourth-order valence-electron chi connectivity index (χ4n) is 6.94. The summed E-state index contributed by atoms with van der Waals surface area (Å²) in [6, 6.07) is 33.7. The van der Waals surface area contributed by atoms with Gasteiger partial charge in [0.2, 0.25) is 11.7 Å². The molecule has 0 aliphatic carbocycles. The lowest BCUT2D eigenvalue weighted by Crippen LogP contribution is -2.57. The fraction of sp³-hybridized carbons (Fsp3) is 0.200. The van der Waals surface area contributed by atoms with Crippen molar-refractivity contribution < 1.29 is 19.1 Å². The molecule has 3 aliphatic heterocycles. The van der Waals surface area contributed by atoms with E-state index in [1.807, 2.05) is 59.5 Å². The van der Waals surface area contributed by atoms with E-state index in [1.54, 1.807) is 24.3 Å². The molecule has 3 aliphatic rings. The van der Waals surface area contributed by atoms with E-state index in [-0.39, 0.29) is 23.3 Å². The van der Waals surface area contributed by atoms with E-state index in [4.69, 9.17) is 9.72 Å². The van der Waals surface area contributed by atoms with Crippen LogP contribution >= 0.6 is 0 Å². The third-order valence-corrected chi connectivity index (χ3v) is 9.56. The summed E-state index contributed by atoms with van der Waals surface area (Å²) in [4.78, 5) is 50.9. The number of Topliss-reactive ketones (excluding diaryl/α,β-unsaturated/α-hetero) is 1. The lowest BCUT2D eigenvalue weighted by molar-refractivity contribution is -0.116. The van der Waals surface area contributed by atoms with Crippen LogP contribution < -0.4 is 4.90 Å². The average molecular weight is 635 g/mol. The lowest BCUT2D eigenvalue weighted by atomic mass is 9.95. The van der Waals surface area contributed by atoms with Crippen LogP contribution in [0.2, 0.25) is 0 Å². The molecule has 0 saturated carbocycles. The number of hydrogen-bond acceptors (Lipinski definition) is 6. The van der Waals surface area contributed by atoms with Crippen molar-refractivity contribution in [2.75, 3.05) is 44.3 Å². The zero-order chi connectivity index (χ0) is 32.8. The number of fused-ring (bicyclic) bond motifs is 2. The Hall–Kier alpha value is -5.44. The predicted octanol–water partition coefficient (Wildman–Crippen LogP) is 6.32. The van der Waals surface area contributed by atoms with Gasteiger partial charge in [-0.05, 0) is 70.8 Å². The van der Waals surface area contributed by atoms with Crippen LogP contribution in [0, 0.1) is 0 Å². The van der Waals surface area contributed by atoms with Gasteiger partial charge in [-0.25, -0.2) is 4.98 Å². The molecule has 0 unspecified atom stereocenters. The number of carbonyl (C=O) groups is 3. The summed E-state index contributed by atoms with van der Waals surface area (Å²) in [6.45, 7) is 6.02. The van der Waals surface area contributed by atoms with Gasteiger partial charge in [-0.15, -0.1) is 0 Å². The second-order valence-corrected chi connectivity index (χ2v) is 12.5. The molecule has 5 aromatic rings. The average Bonchev–Trinajstić information content (AvgIpc) is 3.38. The quantitative estimate of drug-likeness (QED) is 0.211. The van der Waals surface area contributed by atoms with Crippen molar-refractivity contribution in [2.24, 2.45) is 0 Å². The monoisotopic (exact) mass is 634 g/mol. The normalized spacial score (nSPS) is 17.5. The molecule has 2 saturated heterocycles. The van der Waals surface area contributed by atoms with Crippen LogP contribution in [0.1, 0.15) is 33.3 Å². The number of piperazine rings is 1. The highest BCUT2D eigenvalue weighted by atomic mass is 16.5. The van der Waals surface area contributed by atoms with Gasteiger partial charge in [0, 0.05) is 49.6 Å². The van der Waals surface area contributed by atoms with Crippen LogP contribution in [0.15, 0.2) is 109 Å². The van der Waals surface area contributed by atoms with Gasteiger partial charge in [-0.2, -0.15) is 0 Å². The smallest absolute Gasteiger partial charge is 0.253 e. The number of ketones is 1. The van der Waals surface area contributed by atoms with Crippen molar-refractivity contribution in [3.8, 4) is 22.3 Å². The Morgan fingerprint density at radius 2 is 1.50 bits per heavy atom. The molecule has 2 amide bonds. The third kappa shape index (κ3) is 5.39. The first-order chi connectivity index (χ1) is 23.4. The molecule has 0 spiro atoms. The number of nitrogens with zero attached hydrogens (tertiary/aromatic N) is 4. The highest BCUT2D eigenvalue weighted by Gasteiger charge is 2.35. The van der Waals surface area contributed by atoms with Gasteiger partial charge >= 0.3 is 0 Å². The minimum absolute atomic E-state index is 0.00278. The zero-order valence-electron chi connectivity index (χ0n) is 26.6. The van der Waals surface area contributed by atoms with Crippen LogP contribution in [0.4, 0.5) is 5.69 Å². The summed E-state index contributed by atoms with van der Waals surface area (Å²) in [6.07, 6.45) is 1.69. The third-order valence-electron chi connectivity index (χ3n) is 9.56. The fourth-order valence-corrected chi connectivity index (χ4v) is 6.94. The molecule has 2 fully saturated rings. The molecular weight excluding hydrogens is 600 g/mol. The molecule has 48 heavy (non-hydrogen) atoms. The molecule has 0 N–H and O–H groups in total. The summed E-state index contributed by atoms with van der Waals surface area (Å²) in [5.74, 6) is -0.467. The van der Waals surface area contributed by atoms with Crippen LogP contribution in [-0.2, 0) is 9.53 Å². The molecular formula is C40H34N4O4. The van der Waals surface area contributed by atoms with Gasteiger partial charge in [-0.1, -0.05) is 60.7 Å². The number of para-hydroxylation sites is 1. The maximum Gasteiger partial charge on any atom is 0.253 e. The number of benzene rings is 4. The lowest BCUT2D eigenvalue weighted by Gasteiger charge is -2.42. The molecule has 238 valence electrons. The summed E-state index contributed by atoms with van der Waals surface area (Å²) in [7, 11) is 0. The van der Waals surface area contributed by atoms with Crippen molar-refractivity contribution in [1.29, 1.82) is 0 Å². The van der Waals surface area contributed by atoms with Crippen molar-refractivity contribution in [2.45, 2.75) is 13.0 Å². The molecule has 0 bridgehead atoms. The first kappa shape index (κ1) is 29.9. The Bertz CT molecular complexity index is 2110. The molecule has 0 radical (unpaired) electrons. The number of rotatable bonds is 5. The largest absolute Gasteiger partial charge is 0.378 e. The van der Waals surface area contributed by atoms with Gasteiger partial charge in [0.05, 0.1) is 41.9 Å². The van der Waals surface area contributed by atoms with Gasteiger partial charge in [0.15, 0.2) is 0 Å². The molecule has 4 heterocycles. The molecule has 8 rings (SSSR count). The van der Waals surface area contributed by atoms with Crippen LogP contribution in [0.3, 0.4) is 0 Å². The Morgan fingerprint density at radius 3 is 2.25 bits per heavy atom. The van der Waals surface area contributed by atoms with E-state index >= 15 is 0 Å². The standard InChI is InChI=1S/C40H34N4O4/c1-26(45)44-37-13-6-5-12-33(37)39(46)38(44)23-31-22-34(29-11-7-10-28(20-29)27-8-3-2-4-9-27)35-21-30(14-15-36(35)41-31)40(47)43-18-16-42(17-19-43)32-24-48-25-32/h2-15,20-23,32H,16-19,24-25H2,1H3/b38-23-. The van der Waals surface area contributed by atoms with E-state index in [1.165, 1.54) is 11.8 Å². The summed E-state index contributed by atoms with van der Waals surface area (Å²) in [5, 5.41) is 0.836. The molecule has 8 nitrogen and oxygen atoms in total. The minimum Gasteiger partial charge on any atom is -0.378 e. The number of anilines is 1. The van der Waals surface area contributed by atoms with Crippen molar-refractivity contribution in [3.63, 3.8) is 0 Å². The van der Waals surface area contributed by atoms with Gasteiger partial charge in [0.1, 0.15) is 0 Å². The van der Waals surface area contributed by atoms with E-state index in [0.29, 0.717) is 47.2 Å². The number of ether oxygens (including phenoxy) is 1. The highest BCUT2D eigenvalue weighted by molar-refractivity contribution is 6.26. The van der Waals surface area contributed by atoms with Crippen LogP contribution in [-0.4, -0.2) is 77.8 Å². The maximum atomic E-state index is 13.8. The Balaban J connectivity index is 1.22. The summed E-state index contributed by atoms with van der Waals surface area (Å²) in [5.41, 5.74) is 7.15. The first-order valence-electron chi connectivity index (χ1n) is 16.3. The number of allylic oxidation sites excluding steroid dienone is 1. The number of carbonyl (C=O) groups excluding carboxylic acids is 3. The molecule has 8 heteroatoms. The number of amides is 2. The first-order valence-corrected chi connectivity index (χ1v) is 16.3. The number of aromatic nitrogens is 1. The predicted molar refractivity (Wildman–Crippen MR) is 187 cm³/mol. The van der Waals surface area contributed by atoms with Crippen molar-refractivity contribution in [3.05, 3.63) is 126 Å². The second-order valence-electron chi connectivity index (χ2n) is 12.5. The highest BCUT2D eigenvalue weighted by Crippen LogP contribution is 2.37. The Morgan fingerprint density at radius 1 is 0.771 bits per heavy atom. The minimum atomic E-state index is -0.249. The molecule has 1 aromatic heterocycles. The van der Waals surface area contributed by atoms with Gasteiger partial charge in [-0.3, -0.25) is 24.2 Å². The second kappa shape index (κ2) is 12.3.